The number of thioether (sulfide) groups is 1. The highest BCUT2D eigenvalue weighted by Gasteiger charge is 2.30. The highest BCUT2D eigenvalue weighted by atomic mass is 35.5. The minimum absolute atomic E-state index is 0.106. The lowest BCUT2D eigenvalue weighted by molar-refractivity contribution is -0.129. The normalized spacial score (nSPS) is 15.1. The Labute approximate surface area is 166 Å². The van der Waals surface area contributed by atoms with Crippen LogP contribution in [0.25, 0.3) is 5.69 Å². The summed E-state index contributed by atoms with van der Waals surface area (Å²) in [6.45, 7) is 1.62. The van der Waals surface area contributed by atoms with Gasteiger partial charge >= 0.3 is 0 Å². The number of nitrogens with zero attached hydrogens (tertiary/aromatic N) is 5. The van der Waals surface area contributed by atoms with Gasteiger partial charge in [0.05, 0.1) is 5.69 Å². The first-order chi connectivity index (χ1) is 13.2. The average molecular weight is 400 g/mol. The van der Waals surface area contributed by atoms with Gasteiger partial charge in [-0.1, -0.05) is 53.7 Å². The fourth-order valence-corrected chi connectivity index (χ4v) is 4.30. The number of hydrogen-bond acceptors (Lipinski definition) is 5. The van der Waals surface area contributed by atoms with Crippen LogP contribution in [0, 0.1) is 0 Å². The third kappa shape index (κ3) is 3.99. The summed E-state index contributed by atoms with van der Waals surface area (Å²) in [6, 6.07) is 17.1. The Bertz CT molecular complexity index is 909. The van der Waals surface area contributed by atoms with Gasteiger partial charge in [0.1, 0.15) is 5.25 Å². The molecule has 1 fully saturated rings. The van der Waals surface area contributed by atoms with E-state index < -0.39 is 0 Å². The molecule has 0 saturated carbocycles. The fraction of sp³-hybridized carbons (Fsp3) is 0.263. The second-order valence-electron chi connectivity index (χ2n) is 6.29. The average Bonchev–Trinajstić information content (AvgIpc) is 3.39. The number of tetrazole rings is 1. The van der Waals surface area contributed by atoms with Crippen molar-refractivity contribution in [3.05, 3.63) is 65.2 Å². The Morgan fingerprint density at radius 2 is 1.74 bits per heavy atom. The zero-order chi connectivity index (χ0) is 18.6. The Hall–Kier alpha value is -2.38. The molecule has 27 heavy (non-hydrogen) atoms. The van der Waals surface area contributed by atoms with E-state index in [1.165, 1.54) is 11.8 Å². The summed E-state index contributed by atoms with van der Waals surface area (Å²) < 4.78 is 1.63. The van der Waals surface area contributed by atoms with Crippen molar-refractivity contribution in [2.45, 2.75) is 23.2 Å². The number of rotatable bonds is 5. The molecule has 2 heterocycles. The van der Waals surface area contributed by atoms with Crippen LogP contribution in [0.5, 0.6) is 0 Å². The van der Waals surface area contributed by atoms with Crippen molar-refractivity contribution in [2.24, 2.45) is 0 Å². The molecule has 1 aliphatic heterocycles. The van der Waals surface area contributed by atoms with Crippen LogP contribution in [0.2, 0.25) is 5.02 Å². The quantitative estimate of drug-likeness (QED) is 0.611. The Kier molecular flexibility index (Phi) is 5.40. The number of aromatic nitrogens is 4. The number of carbonyl (C=O) groups is 1. The third-order valence-electron chi connectivity index (χ3n) is 4.48. The Morgan fingerprint density at radius 3 is 2.44 bits per heavy atom. The highest BCUT2D eigenvalue weighted by molar-refractivity contribution is 8.00. The number of carbonyl (C=O) groups excluding carboxylic acids is 1. The van der Waals surface area contributed by atoms with Crippen molar-refractivity contribution in [1.82, 2.24) is 25.1 Å². The monoisotopic (exact) mass is 399 g/mol. The first-order valence-electron chi connectivity index (χ1n) is 8.77. The fourth-order valence-electron chi connectivity index (χ4n) is 3.09. The molecule has 0 radical (unpaired) electrons. The number of likely N-dealkylation sites (tertiary alicyclic amines) is 1. The van der Waals surface area contributed by atoms with Crippen LogP contribution in [0.4, 0.5) is 0 Å². The highest BCUT2D eigenvalue weighted by Crippen LogP contribution is 2.37. The van der Waals surface area contributed by atoms with E-state index in [-0.39, 0.29) is 11.2 Å². The smallest absolute Gasteiger partial charge is 0.240 e. The third-order valence-corrected chi connectivity index (χ3v) is 5.91. The first-order valence-corrected chi connectivity index (χ1v) is 10.0. The van der Waals surface area contributed by atoms with Crippen molar-refractivity contribution in [3.63, 3.8) is 0 Å². The second-order valence-corrected chi connectivity index (χ2v) is 7.80. The summed E-state index contributed by atoms with van der Waals surface area (Å²) in [5.41, 5.74) is 1.75. The first kappa shape index (κ1) is 18.0. The van der Waals surface area contributed by atoms with Gasteiger partial charge in [-0.3, -0.25) is 4.79 Å². The van der Waals surface area contributed by atoms with Crippen molar-refractivity contribution >= 4 is 29.3 Å². The predicted molar refractivity (Wildman–Crippen MR) is 105 cm³/mol. The maximum Gasteiger partial charge on any atom is 0.240 e. The largest absolute Gasteiger partial charge is 0.341 e. The van der Waals surface area contributed by atoms with Crippen LogP contribution in [-0.4, -0.2) is 44.1 Å². The molecular weight excluding hydrogens is 382 g/mol. The molecule has 0 spiro atoms. The lowest BCUT2D eigenvalue weighted by atomic mass is 10.1. The van der Waals surface area contributed by atoms with Crippen LogP contribution in [-0.2, 0) is 4.79 Å². The standard InChI is InChI=1S/C19H18ClN5OS/c20-15-8-10-16(11-9-15)25-19(21-22-23-25)27-17(14-6-2-1-3-7-14)18(26)24-12-4-5-13-24/h1-3,6-11,17H,4-5,12-13H2/t17-/m0/s1. The van der Waals surface area contributed by atoms with E-state index in [0.29, 0.717) is 10.2 Å². The van der Waals surface area contributed by atoms with Gasteiger partial charge in [-0.25, -0.2) is 0 Å². The van der Waals surface area contributed by atoms with Crippen molar-refractivity contribution in [1.29, 1.82) is 0 Å². The summed E-state index contributed by atoms with van der Waals surface area (Å²) >= 11 is 7.35. The Balaban J connectivity index is 1.65. The van der Waals surface area contributed by atoms with Crippen LogP contribution < -0.4 is 0 Å². The molecular formula is C19H18ClN5OS. The zero-order valence-electron chi connectivity index (χ0n) is 14.5. The number of halogens is 1. The van der Waals surface area contributed by atoms with Crippen LogP contribution in [0.1, 0.15) is 23.7 Å². The molecule has 6 nitrogen and oxygen atoms in total. The molecule has 2 aromatic carbocycles. The SMILES string of the molecule is O=C([C@@H](Sc1nnnn1-c1ccc(Cl)cc1)c1ccccc1)N1CCCC1. The van der Waals surface area contributed by atoms with Gasteiger partial charge in [0.25, 0.3) is 0 Å². The van der Waals surface area contributed by atoms with E-state index in [9.17, 15) is 4.79 Å². The van der Waals surface area contributed by atoms with E-state index >= 15 is 0 Å². The summed E-state index contributed by atoms with van der Waals surface area (Å²) in [4.78, 5) is 15.1. The minimum atomic E-state index is -0.388. The summed E-state index contributed by atoms with van der Waals surface area (Å²) in [5, 5.41) is 12.9. The number of benzene rings is 2. The second kappa shape index (κ2) is 8.10. The molecule has 0 bridgehead atoms. The maximum atomic E-state index is 13.2. The molecule has 1 atom stereocenters. The number of amides is 1. The topological polar surface area (TPSA) is 63.9 Å². The van der Waals surface area contributed by atoms with E-state index in [0.717, 1.165) is 37.2 Å². The molecule has 138 valence electrons. The molecule has 0 aliphatic carbocycles. The lowest BCUT2D eigenvalue weighted by Gasteiger charge is -2.22. The van der Waals surface area contributed by atoms with E-state index in [1.807, 2.05) is 47.4 Å². The van der Waals surface area contributed by atoms with Gasteiger partial charge < -0.3 is 4.90 Å². The molecule has 8 heteroatoms. The van der Waals surface area contributed by atoms with Gasteiger partial charge in [-0.05, 0) is 53.1 Å². The van der Waals surface area contributed by atoms with Crippen molar-refractivity contribution in [2.75, 3.05) is 13.1 Å². The van der Waals surface area contributed by atoms with Crippen LogP contribution >= 0.6 is 23.4 Å². The minimum Gasteiger partial charge on any atom is -0.341 e. The molecule has 1 amide bonds. The van der Waals surface area contributed by atoms with Gasteiger partial charge in [0, 0.05) is 18.1 Å². The van der Waals surface area contributed by atoms with E-state index in [2.05, 4.69) is 15.5 Å². The van der Waals surface area contributed by atoms with Crippen molar-refractivity contribution < 1.29 is 4.79 Å². The van der Waals surface area contributed by atoms with Gasteiger partial charge in [-0.15, -0.1) is 5.10 Å². The molecule has 0 unspecified atom stereocenters. The predicted octanol–water partition coefficient (Wildman–Crippen LogP) is 3.77. The molecule has 3 aromatic rings. The van der Waals surface area contributed by atoms with Gasteiger partial charge in [0.2, 0.25) is 11.1 Å². The molecule has 1 saturated heterocycles. The maximum absolute atomic E-state index is 13.2. The van der Waals surface area contributed by atoms with Gasteiger partial charge in [0.15, 0.2) is 0 Å². The van der Waals surface area contributed by atoms with E-state index in [1.54, 1.807) is 16.8 Å². The summed E-state index contributed by atoms with van der Waals surface area (Å²) in [5.74, 6) is 0.106. The zero-order valence-corrected chi connectivity index (χ0v) is 16.1. The summed E-state index contributed by atoms with van der Waals surface area (Å²) in [6.07, 6.45) is 2.11. The molecule has 1 aromatic heterocycles. The van der Waals surface area contributed by atoms with Gasteiger partial charge in [-0.2, -0.15) is 4.68 Å². The molecule has 0 N–H and O–H groups in total. The van der Waals surface area contributed by atoms with E-state index in [4.69, 9.17) is 11.6 Å². The number of hydrogen-bond donors (Lipinski definition) is 0. The summed E-state index contributed by atoms with van der Waals surface area (Å²) in [7, 11) is 0. The van der Waals surface area contributed by atoms with Crippen LogP contribution in [0.15, 0.2) is 59.8 Å². The van der Waals surface area contributed by atoms with Crippen LogP contribution in [0.3, 0.4) is 0 Å². The van der Waals surface area contributed by atoms with Crippen molar-refractivity contribution in [3.8, 4) is 5.69 Å². The lowest BCUT2D eigenvalue weighted by Crippen LogP contribution is -2.31. The molecule has 1 aliphatic rings. The Morgan fingerprint density at radius 1 is 1.04 bits per heavy atom. The molecule has 4 rings (SSSR count).